The second-order valence-corrected chi connectivity index (χ2v) is 7.12. The highest BCUT2D eigenvalue weighted by molar-refractivity contribution is 5.89. The van der Waals surface area contributed by atoms with Crippen molar-refractivity contribution in [2.45, 2.75) is 70.1 Å². The molecule has 0 aromatic heterocycles. The molecule has 0 saturated heterocycles. The van der Waals surface area contributed by atoms with Gasteiger partial charge in [-0.05, 0) is 55.2 Å². The summed E-state index contributed by atoms with van der Waals surface area (Å²) in [6.45, 7) is 0.583. The van der Waals surface area contributed by atoms with Gasteiger partial charge < -0.3 is 4.74 Å². The van der Waals surface area contributed by atoms with Gasteiger partial charge in [0, 0.05) is 0 Å². The first-order valence-corrected chi connectivity index (χ1v) is 9.26. The van der Waals surface area contributed by atoms with Crippen molar-refractivity contribution in [3.63, 3.8) is 0 Å². The maximum absolute atomic E-state index is 12.8. The number of rotatable bonds is 8. The van der Waals surface area contributed by atoms with E-state index in [0.29, 0.717) is 5.92 Å². The Bertz CT molecular complexity index is 564. The quantitative estimate of drug-likeness (QED) is 0.399. The molecular weight excluding hydrogens is 348 g/mol. The van der Waals surface area contributed by atoms with Crippen molar-refractivity contribution in [2.75, 3.05) is 6.61 Å². The third-order valence-electron chi connectivity index (χ3n) is 5.15. The second kappa shape index (κ2) is 9.38. The van der Waals surface area contributed by atoms with Crippen LogP contribution < -0.4 is 0 Å². The van der Waals surface area contributed by atoms with Crippen molar-refractivity contribution in [3.05, 3.63) is 35.4 Å². The zero-order valence-electron chi connectivity index (χ0n) is 15.0. The van der Waals surface area contributed by atoms with E-state index < -0.39 is 24.9 Å². The number of esters is 1. The standard InChI is InChI=1S/C20H26F4O2/c1-2-3-4-14-5-7-15(8-6-14)16-9-11-17(12-10-16)18(25)26-13-20(23,24)19(21)22/h9-12,14-15,19H,2-8,13H2,1H3. The summed E-state index contributed by atoms with van der Waals surface area (Å²) in [6.07, 6.45) is 4.56. The number of hydrogen-bond acceptors (Lipinski definition) is 2. The van der Waals surface area contributed by atoms with Crippen LogP contribution in [0.1, 0.15) is 73.7 Å². The van der Waals surface area contributed by atoms with Gasteiger partial charge in [0.25, 0.3) is 0 Å². The molecule has 2 rings (SSSR count). The molecule has 1 aromatic carbocycles. The fraction of sp³-hybridized carbons (Fsp3) is 0.650. The van der Waals surface area contributed by atoms with Gasteiger partial charge in [0.2, 0.25) is 0 Å². The minimum absolute atomic E-state index is 0.0930. The van der Waals surface area contributed by atoms with Crippen molar-refractivity contribution in [2.24, 2.45) is 5.92 Å². The summed E-state index contributed by atoms with van der Waals surface area (Å²) >= 11 is 0. The molecule has 0 heterocycles. The summed E-state index contributed by atoms with van der Waals surface area (Å²) in [4.78, 5) is 11.7. The molecule has 1 aliphatic rings. The number of carbonyl (C=O) groups excluding carboxylic acids is 1. The molecule has 1 aliphatic carbocycles. The molecule has 0 radical (unpaired) electrons. The van der Waals surface area contributed by atoms with Crippen molar-refractivity contribution in [1.82, 2.24) is 0 Å². The largest absolute Gasteiger partial charge is 0.455 e. The lowest BCUT2D eigenvalue weighted by molar-refractivity contribution is -0.155. The van der Waals surface area contributed by atoms with E-state index in [1.54, 1.807) is 12.1 Å². The van der Waals surface area contributed by atoms with Gasteiger partial charge in [0.15, 0.2) is 6.61 Å². The molecule has 6 heteroatoms. The maximum atomic E-state index is 12.8. The minimum atomic E-state index is -4.33. The van der Waals surface area contributed by atoms with Crippen molar-refractivity contribution < 1.29 is 27.1 Å². The highest BCUT2D eigenvalue weighted by Gasteiger charge is 2.42. The van der Waals surface area contributed by atoms with Gasteiger partial charge in [-0.25, -0.2) is 13.6 Å². The number of unbranched alkanes of at least 4 members (excludes halogenated alkanes) is 1. The van der Waals surface area contributed by atoms with Gasteiger partial charge >= 0.3 is 18.3 Å². The molecule has 1 saturated carbocycles. The van der Waals surface area contributed by atoms with Crippen molar-refractivity contribution >= 4 is 5.97 Å². The summed E-state index contributed by atoms with van der Waals surface area (Å²) in [5.74, 6) is -4.09. The second-order valence-electron chi connectivity index (χ2n) is 7.12. The normalized spacial score (nSPS) is 21.0. The summed E-state index contributed by atoms with van der Waals surface area (Å²) in [5.41, 5.74) is 1.21. The van der Waals surface area contributed by atoms with Crippen molar-refractivity contribution in [3.8, 4) is 0 Å². The molecule has 146 valence electrons. The van der Waals surface area contributed by atoms with Gasteiger partial charge in [0.1, 0.15) is 0 Å². The van der Waals surface area contributed by atoms with Gasteiger partial charge in [0.05, 0.1) is 5.56 Å². The zero-order valence-corrected chi connectivity index (χ0v) is 15.0. The molecule has 0 unspecified atom stereocenters. The number of carbonyl (C=O) groups is 1. The Morgan fingerprint density at radius 3 is 2.31 bits per heavy atom. The average molecular weight is 374 g/mol. The average Bonchev–Trinajstić information content (AvgIpc) is 2.65. The lowest BCUT2D eigenvalue weighted by atomic mass is 9.77. The summed E-state index contributed by atoms with van der Waals surface area (Å²) < 4.78 is 54.1. The van der Waals surface area contributed by atoms with Crippen LogP contribution in [0.25, 0.3) is 0 Å². The molecule has 26 heavy (non-hydrogen) atoms. The van der Waals surface area contributed by atoms with Gasteiger partial charge in [-0.1, -0.05) is 38.3 Å². The highest BCUT2D eigenvalue weighted by atomic mass is 19.3. The topological polar surface area (TPSA) is 26.3 Å². The van der Waals surface area contributed by atoms with Crippen LogP contribution in [0.5, 0.6) is 0 Å². The van der Waals surface area contributed by atoms with Crippen LogP contribution in [0, 0.1) is 5.92 Å². The molecule has 1 fully saturated rings. The van der Waals surface area contributed by atoms with E-state index in [9.17, 15) is 22.4 Å². The summed E-state index contributed by atoms with van der Waals surface area (Å²) in [5, 5.41) is 0. The molecule has 0 amide bonds. The van der Waals surface area contributed by atoms with Gasteiger partial charge in [-0.3, -0.25) is 0 Å². The number of benzene rings is 1. The molecule has 0 atom stereocenters. The number of ether oxygens (including phenoxy) is 1. The van der Waals surface area contributed by atoms with Crippen LogP contribution in [0.2, 0.25) is 0 Å². The highest BCUT2D eigenvalue weighted by Crippen LogP contribution is 2.37. The molecular formula is C20H26F4O2. The van der Waals surface area contributed by atoms with Crippen LogP contribution in [0.15, 0.2) is 24.3 Å². The lowest BCUT2D eigenvalue weighted by Gasteiger charge is -2.28. The van der Waals surface area contributed by atoms with Crippen LogP contribution in [-0.2, 0) is 4.74 Å². The number of hydrogen-bond donors (Lipinski definition) is 0. The Labute approximate surface area is 151 Å². The smallest absolute Gasteiger partial charge is 0.340 e. The van der Waals surface area contributed by atoms with Crippen LogP contribution in [0.4, 0.5) is 17.6 Å². The Balaban J connectivity index is 1.85. The molecule has 0 spiro atoms. The summed E-state index contributed by atoms with van der Waals surface area (Å²) in [6, 6.07) is 6.64. The SMILES string of the molecule is CCCCC1CCC(c2ccc(C(=O)OCC(F)(F)C(F)F)cc2)CC1. The van der Waals surface area contributed by atoms with E-state index in [1.165, 1.54) is 44.2 Å². The van der Waals surface area contributed by atoms with E-state index in [-0.39, 0.29) is 5.56 Å². The van der Waals surface area contributed by atoms with E-state index in [4.69, 9.17) is 0 Å². The fourth-order valence-electron chi connectivity index (χ4n) is 3.48. The Morgan fingerprint density at radius 1 is 1.15 bits per heavy atom. The fourth-order valence-corrected chi connectivity index (χ4v) is 3.48. The van der Waals surface area contributed by atoms with Gasteiger partial charge in [-0.2, -0.15) is 8.78 Å². The lowest BCUT2D eigenvalue weighted by Crippen LogP contribution is -2.33. The third kappa shape index (κ3) is 5.71. The molecule has 0 aliphatic heterocycles. The van der Waals surface area contributed by atoms with E-state index >= 15 is 0 Å². The monoisotopic (exact) mass is 374 g/mol. The minimum Gasteiger partial charge on any atom is -0.455 e. The molecule has 0 bridgehead atoms. The first kappa shape index (κ1) is 20.7. The maximum Gasteiger partial charge on any atom is 0.340 e. The molecule has 0 N–H and O–H groups in total. The van der Waals surface area contributed by atoms with E-state index in [1.807, 2.05) is 0 Å². The van der Waals surface area contributed by atoms with Crippen LogP contribution in [-0.4, -0.2) is 24.9 Å². The van der Waals surface area contributed by atoms with Crippen LogP contribution >= 0.6 is 0 Å². The number of alkyl halides is 4. The predicted octanol–water partition coefficient (Wildman–Crippen LogP) is 6.21. The van der Waals surface area contributed by atoms with E-state index in [2.05, 4.69) is 11.7 Å². The van der Waals surface area contributed by atoms with Crippen molar-refractivity contribution in [1.29, 1.82) is 0 Å². The molecule has 1 aromatic rings. The first-order chi connectivity index (χ1) is 12.3. The third-order valence-corrected chi connectivity index (χ3v) is 5.15. The Kier molecular flexibility index (Phi) is 7.47. The van der Waals surface area contributed by atoms with Gasteiger partial charge in [-0.15, -0.1) is 0 Å². The predicted molar refractivity (Wildman–Crippen MR) is 91.9 cm³/mol. The number of halogens is 4. The first-order valence-electron chi connectivity index (χ1n) is 9.26. The van der Waals surface area contributed by atoms with Crippen LogP contribution in [0.3, 0.4) is 0 Å². The summed E-state index contributed by atoms with van der Waals surface area (Å²) in [7, 11) is 0. The van der Waals surface area contributed by atoms with E-state index in [0.717, 1.165) is 24.3 Å². The Hall–Kier alpha value is -1.59. The zero-order chi connectivity index (χ0) is 19.2. The molecule has 2 nitrogen and oxygen atoms in total. The Morgan fingerprint density at radius 2 is 1.77 bits per heavy atom.